The van der Waals surface area contributed by atoms with Gasteiger partial charge in [0, 0.05) is 5.56 Å². The van der Waals surface area contributed by atoms with Gasteiger partial charge >= 0.3 is 6.18 Å². The number of rotatable bonds is 1. The second-order valence-electron chi connectivity index (χ2n) is 4.14. The molecular weight excluding hydrogens is 275 g/mol. The topological polar surface area (TPSA) is 57.5 Å². The molecule has 0 heterocycles. The molecule has 1 aliphatic rings. The number of Topliss-reactive ketones (excluding diaryl/α,β-unsaturated/α-hetero) is 1. The number of benzene rings is 1. The number of fused-ring (bicyclic) bond motifs is 1. The fourth-order valence-corrected chi connectivity index (χ4v) is 2.12. The zero-order valence-electron chi connectivity index (χ0n) is 9.08. The normalized spacial score (nSPS) is 24.5. The Hall–Kier alpha value is -1.54. The quantitative estimate of drug-likeness (QED) is 0.771. The third-order valence-electron chi connectivity index (χ3n) is 3.00. The van der Waals surface area contributed by atoms with Crippen LogP contribution in [-0.4, -0.2) is 28.3 Å². The molecule has 0 bridgehead atoms. The van der Waals surface area contributed by atoms with Crippen LogP contribution in [0.3, 0.4) is 0 Å². The number of alkyl halides is 3. The lowest BCUT2D eigenvalue weighted by Gasteiger charge is -2.22. The standard InChI is InChI=1S/C11H7F5O3/c12-3-1-2-4(13)6-5(3)8(17)7(9(6)18)10(19)11(14,15)16/h1-2,7-8,10,17,19H. The Kier molecular flexibility index (Phi) is 3.10. The molecule has 0 radical (unpaired) electrons. The van der Waals surface area contributed by atoms with E-state index < -0.39 is 52.8 Å². The number of hydrogen-bond acceptors (Lipinski definition) is 3. The summed E-state index contributed by atoms with van der Waals surface area (Å²) < 4.78 is 63.9. The van der Waals surface area contributed by atoms with Gasteiger partial charge in [-0.05, 0) is 12.1 Å². The van der Waals surface area contributed by atoms with E-state index in [4.69, 9.17) is 5.11 Å². The number of aliphatic hydroxyl groups is 2. The highest BCUT2D eigenvalue weighted by molar-refractivity contribution is 6.03. The zero-order valence-corrected chi connectivity index (χ0v) is 9.08. The molecule has 3 atom stereocenters. The highest BCUT2D eigenvalue weighted by Gasteiger charge is 2.54. The molecule has 2 rings (SSSR count). The summed E-state index contributed by atoms with van der Waals surface area (Å²) in [6.07, 6.45) is -10.6. The predicted octanol–water partition coefficient (Wildman–Crippen LogP) is 1.73. The van der Waals surface area contributed by atoms with Gasteiger partial charge in [-0.3, -0.25) is 4.79 Å². The molecule has 1 aromatic carbocycles. The van der Waals surface area contributed by atoms with Crippen molar-refractivity contribution in [2.75, 3.05) is 0 Å². The molecule has 2 N–H and O–H groups in total. The molecule has 0 fully saturated rings. The predicted molar refractivity (Wildman–Crippen MR) is 51.2 cm³/mol. The fraction of sp³-hybridized carbons (Fsp3) is 0.364. The fourth-order valence-electron chi connectivity index (χ4n) is 2.12. The molecule has 0 spiro atoms. The van der Waals surface area contributed by atoms with E-state index in [9.17, 15) is 31.9 Å². The van der Waals surface area contributed by atoms with Gasteiger partial charge in [0.05, 0.1) is 17.6 Å². The molecule has 104 valence electrons. The molecule has 1 aromatic rings. The van der Waals surface area contributed by atoms with E-state index in [1.807, 2.05) is 0 Å². The number of ketones is 1. The lowest BCUT2D eigenvalue weighted by Crippen LogP contribution is -2.40. The smallest absolute Gasteiger partial charge is 0.387 e. The molecule has 3 unspecified atom stereocenters. The van der Waals surface area contributed by atoms with Crippen molar-refractivity contribution >= 4 is 5.78 Å². The van der Waals surface area contributed by atoms with Gasteiger partial charge in [0.1, 0.15) is 11.6 Å². The van der Waals surface area contributed by atoms with Crippen LogP contribution >= 0.6 is 0 Å². The lowest BCUT2D eigenvalue weighted by molar-refractivity contribution is -0.221. The first-order valence-electron chi connectivity index (χ1n) is 5.11. The van der Waals surface area contributed by atoms with Crippen molar-refractivity contribution in [3.05, 3.63) is 34.9 Å². The first-order chi connectivity index (χ1) is 8.66. The van der Waals surface area contributed by atoms with Gasteiger partial charge in [-0.1, -0.05) is 0 Å². The molecule has 19 heavy (non-hydrogen) atoms. The van der Waals surface area contributed by atoms with Crippen molar-refractivity contribution in [3.63, 3.8) is 0 Å². The maximum Gasteiger partial charge on any atom is 0.415 e. The van der Waals surface area contributed by atoms with Crippen molar-refractivity contribution in [2.45, 2.75) is 18.4 Å². The van der Waals surface area contributed by atoms with Gasteiger partial charge in [0.15, 0.2) is 11.9 Å². The van der Waals surface area contributed by atoms with Gasteiger partial charge in [-0.25, -0.2) is 8.78 Å². The summed E-state index contributed by atoms with van der Waals surface area (Å²) >= 11 is 0. The van der Waals surface area contributed by atoms with Gasteiger partial charge in [0.25, 0.3) is 0 Å². The number of aliphatic hydroxyl groups excluding tert-OH is 2. The molecule has 3 nitrogen and oxygen atoms in total. The molecule has 0 saturated carbocycles. The Morgan fingerprint density at radius 3 is 2.16 bits per heavy atom. The zero-order chi connectivity index (χ0) is 14.5. The molecule has 0 aliphatic heterocycles. The highest BCUT2D eigenvalue weighted by Crippen LogP contribution is 2.43. The second-order valence-corrected chi connectivity index (χ2v) is 4.14. The number of carbonyl (C=O) groups excluding carboxylic acids is 1. The molecule has 0 saturated heterocycles. The molecular formula is C11H7F5O3. The third kappa shape index (κ3) is 2.00. The SMILES string of the molecule is O=C1c2c(F)ccc(F)c2C(O)C1C(O)C(F)(F)F. The summed E-state index contributed by atoms with van der Waals surface area (Å²) in [4.78, 5) is 11.6. The Balaban J connectivity index is 2.54. The van der Waals surface area contributed by atoms with Crippen LogP contribution in [-0.2, 0) is 0 Å². The van der Waals surface area contributed by atoms with Crippen molar-refractivity contribution in [2.24, 2.45) is 5.92 Å². The van der Waals surface area contributed by atoms with Crippen molar-refractivity contribution < 1.29 is 37.0 Å². The van der Waals surface area contributed by atoms with E-state index in [2.05, 4.69) is 0 Å². The average molecular weight is 282 g/mol. The average Bonchev–Trinajstić information content (AvgIpc) is 2.55. The summed E-state index contributed by atoms with van der Waals surface area (Å²) in [5.41, 5.74) is -1.79. The Labute approximate surface area is 103 Å². The summed E-state index contributed by atoms with van der Waals surface area (Å²) in [5, 5.41) is 18.6. The van der Waals surface area contributed by atoms with Gasteiger partial charge in [0.2, 0.25) is 0 Å². The largest absolute Gasteiger partial charge is 0.415 e. The van der Waals surface area contributed by atoms with Crippen molar-refractivity contribution in [1.29, 1.82) is 0 Å². The highest BCUT2D eigenvalue weighted by atomic mass is 19.4. The van der Waals surface area contributed by atoms with Crippen LogP contribution in [0.4, 0.5) is 22.0 Å². The summed E-state index contributed by atoms with van der Waals surface area (Å²) in [5.74, 6) is -6.27. The van der Waals surface area contributed by atoms with E-state index in [0.717, 1.165) is 0 Å². The number of halogens is 5. The second kappa shape index (κ2) is 4.24. The molecule has 0 aromatic heterocycles. The van der Waals surface area contributed by atoms with Gasteiger partial charge < -0.3 is 10.2 Å². The molecule has 0 amide bonds. The first-order valence-corrected chi connectivity index (χ1v) is 5.11. The minimum absolute atomic E-state index is 0.571. The van der Waals surface area contributed by atoms with Crippen LogP contribution in [0.2, 0.25) is 0 Å². The lowest BCUT2D eigenvalue weighted by atomic mass is 9.95. The summed E-state index contributed by atoms with van der Waals surface area (Å²) in [7, 11) is 0. The monoisotopic (exact) mass is 282 g/mol. The number of hydrogen-bond donors (Lipinski definition) is 2. The van der Waals surface area contributed by atoms with E-state index >= 15 is 0 Å². The van der Waals surface area contributed by atoms with E-state index in [0.29, 0.717) is 12.1 Å². The Bertz CT molecular complexity index is 540. The van der Waals surface area contributed by atoms with Crippen LogP contribution in [0, 0.1) is 17.6 Å². The van der Waals surface area contributed by atoms with Crippen LogP contribution in [0.1, 0.15) is 22.0 Å². The maximum atomic E-state index is 13.4. The summed E-state index contributed by atoms with van der Waals surface area (Å²) in [6, 6.07) is 1.16. The van der Waals surface area contributed by atoms with Crippen LogP contribution in [0.25, 0.3) is 0 Å². The minimum atomic E-state index is -5.18. The van der Waals surface area contributed by atoms with Crippen molar-refractivity contribution in [1.82, 2.24) is 0 Å². The van der Waals surface area contributed by atoms with Crippen LogP contribution in [0.5, 0.6) is 0 Å². The Morgan fingerprint density at radius 1 is 1.16 bits per heavy atom. The Morgan fingerprint density at radius 2 is 1.68 bits per heavy atom. The van der Waals surface area contributed by atoms with Crippen molar-refractivity contribution in [3.8, 4) is 0 Å². The van der Waals surface area contributed by atoms with Gasteiger partial charge in [-0.15, -0.1) is 0 Å². The number of carbonyl (C=O) groups is 1. The van der Waals surface area contributed by atoms with E-state index in [1.165, 1.54) is 0 Å². The summed E-state index contributed by atoms with van der Waals surface area (Å²) in [6.45, 7) is 0. The third-order valence-corrected chi connectivity index (χ3v) is 3.00. The maximum absolute atomic E-state index is 13.4. The van der Waals surface area contributed by atoms with Gasteiger partial charge in [-0.2, -0.15) is 13.2 Å². The van der Waals surface area contributed by atoms with Crippen LogP contribution in [0.15, 0.2) is 12.1 Å². The minimum Gasteiger partial charge on any atom is -0.387 e. The molecule has 1 aliphatic carbocycles. The van der Waals surface area contributed by atoms with E-state index in [1.54, 1.807) is 0 Å². The molecule has 8 heteroatoms. The first kappa shape index (κ1) is 13.9. The van der Waals surface area contributed by atoms with Crippen LogP contribution < -0.4 is 0 Å². The van der Waals surface area contributed by atoms with E-state index in [-0.39, 0.29) is 0 Å².